The molecule has 0 spiro atoms. The Kier molecular flexibility index (Phi) is 9.03. The highest BCUT2D eigenvalue weighted by Gasteiger charge is 2.36. The first-order valence-corrected chi connectivity index (χ1v) is 16.3. The predicted octanol–water partition coefficient (Wildman–Crippen LogP) is 9.36. The molecule has 1 aromatic heterocycles. The third-order valence-electron chi connectivity index (χ3n) is 7.99. The summed E-state index contributed by atoms with van der Waals surface area (Å²) < 4.78 is 39.7. The number of hydrogen-bond donors (Lipinski definition) is 0. The SMILES string of the molecule is CCOP(C)(=O)C[C@H](c1ccnc(OCc2ccc(-c3cc(C)ccc3F)c([C@@H](C)C(C)(C)C)c2)c1)C1CC1. The van der Waals surface area contributed by atoms with Gasteiger partial charge in [-0.15, -0.1) is 0 Å². The molecule has 1 aliphatic rings. The molecule has 39 heavy (non-hydrogen) atoms. The molecule has 0 aliphatic heterocycles. The van der Waals surface area contributed by atoms with E-state index in [2.05, 4.69) is 38.7 Å². The van der Waals surface area contributed by atoms with Gasteiger partial charge >= 0.3 is 0 Å². The van der Waals surface area contributed by atoms with Gasteiger partial charge in [0.25, 0.3) is 0 Å². The average molecular weight is 552 g/mol. The van der Waals surface area contributed by atoms with Crippen LogP contribution in [-0.2, 0) is 15.7 Å². The van der Waals surface area contributed by atoms with Crippen LogP contribution in [-0.4, -0.2) is 24.4 Å². The lowest BCUT2D eigenvalue weighted by molar-refractivity contribution is 0.292. The van der Waals surface area contributed by atoms with Gasteiger partial charge in [0.1, 0.15) is 12.4 Å². The number of halogens is 1. The predicted molar refractivity (Wildman–Crippen MR) is 159 cm³/mol. The monoisotopic (exact) mass is 551 g/mol. The summed E-state index contributed by atoms with van der Waals surface area (Å²) in [5.74, 6) is 1.26. The van der Waals surface area contributed by atoms with E-state index < -0.39 is 7.37 Å². The molecule has 2 aromatic carbocycles. The number of benzene rings is 2. The number of ether oxygens (including phenoxy) is 1. The van der Waals surface area contributed by atoms with Gasteiger partial charge in [-0.3, -0.25) is 4.57 Å². The highest BCUT2D eigenvalue weighted by Crippen LogP contribution is 2.53. The average Bonchev–Trinajstić information content (AvgIpc) is 3.72. The van der Waals surface area contributed by atoms with Crippen molar-refractivity contribution in [3.8, 4) is 17.0 Å². The smallest absolute Gasteiger partial charge is 0.213 e. The molecule has 4 nitrogen and oxygen atoms in total. The largest absolute Gasteiger partial charge is 0.473 e. The third-order valence-corrected chi connectivity index (χ3v) is 9.85. The van der Waals surface area contributed by atoms with E-state index in [1.807, 2.05) is 44.2 Å². The van der Waals surface area contributed by atoms with E-state index in [4.69, 9.17) is 9.26 Å². The van der Waals surface area contributed by atoms with Gasteiger partial charge in [-0.25, -0.2) is 9.37 Å². The maximum atomic E-state index is 14.9. The van der Waals surface area contributed by atoms with Gasteiger partial charge < -0.3 is 9.26 Å². The molecular formula is C33H43FNO3P. The van der Waals surface area contributed by atoms with Crippen molar-refractivity contribution < 1.29 is 18.2 Å². The highest BCUT2D eigenvalue weighted by atomic mass is 31.2. The number of nitrogens with zero attached hydrogens (tertiary/aromatic N) is 1. The number of aryl methyl sites for hydroxylation is 1. The van der Waals surface area contributed by atoms with Crippen LogP contribution in [0, 0.1) is 24.1 Å². The normalized spacial score (nSPS) is 16.9. The number of hydrogen-bond acceptors (Lipinski definition) is 4. The maximum absolute atomic E-state index is 14.9. The summed E-state index contributed by atoms with van der Waals surface area (Å²) in [4.78, 5) is 4.46. The second kappa shape index (κ2) is 11.9. The van der Waals surface area contributed by atoms with E-state index in [1.54, 1.807) is 25.0 Å². The van der Waals surface area contributed by atoms with E-state index >= 15 is 0 Å². The van der Waals surface area contributed by atoms with Gasteiger partial charge in [-0.2, -0.15) is 0 Å². The summed E-state index contributed by atoms with van der Waals surface area (Å²) >= 11 is 0. The summed E-state index contributed by atoms with van der Waals surface area (Å²) in [6.45, 7) is 15.3. The fourth-order valence-corrected chi connectivity index (χ4v) is 7.09. The molecule has 0 saturated heterocycles. The van der Waals surface area contributed by atoms with E-state index in [9.17, 15) is 8.96 Å². The van der Waals surface area contributed by atoms with Crippen LogP contribution in [0.2, 0.25) is 0 Å². The van der Waals surface area contributed by atoms with Gasteiger partial charge in [0.05, 0.1) is 6.61 Å². The Morgan fingerprint density at radius 2 is 1.82 bits per heavy atom. The van der Waals surface area contributed by atoms with Gasteiger partial charge in [-0.1, -0.05) is 57.5 Å². The van der Waals surface area contributed by atoms with E-state index in [1.165, 1.54) is 0 Å². The van der Waals surface area contributed by atoms with E-state index in [0.717, 1.165) is 40.7 Å². The Labute approximate surface area is 233 Å². The van der Waals surface area contributed by atoms with Crippen LogP contribution >= 0.6 is 7.37 Å². The topological polar surface area (TPSA) is 48.4 Å². The second-order valence-corrected chi connectivity index (χ2v) is 14.9. The molecule has 0 amide bonds. The third kappa shape index (κ3) is 7.58. The summed E-state index contributed by atoms with van der Waals surface area (Å²) in [6.07, 6.45) is 4.62. The second-order valence-electron chi connectivity index (χ2n) is 12.3. The molecule has 1 heterocycles. The maximum Gasteiger partial charge on any atom is 0.213 e. The first kappa shape index (κ1) is 29.5. The number of aromatic nitrogens is 1. The van der Waals surface area contributed by atoms with Crippen molar-refractivity contribution in [2.75, 3.05) is 19.4 Å². The van der Waals surface area contributed by atoms with Crippen LogP contribution in [0.1, 0.15) is 81.5 Å². The minimum absolute atomic E-state index is 0.00243. The molecule has 1 saturated carbocycles. The van der Waals surface area contributed by atoms with Crippen molar-refractivity contribution in [2.24, 2.45) is 11.3 Å². The number of rotatable bonds is 11. The zero-order valence-electron chi connectivity index (χ0n) is 24.5. The van der Waals surface area contributed by atoms with Gasteiger partial charge in [0, 0.05) is 30.7 Å². The Bertz CT molecular complexity index is 1350. The zero-order chi connectivity index (χ0) is 28.4. The molecule has 210 valence electrons. The van der Waals surface area contributed by atoms with Gasteiger partial charge in [0.15, 0.2) is 0 Å². The molecule has 3 aromatic rings. The molecule has 0 radical (unpaired) electrons. The summed E-state index contributed by atoms with van der Waals surface area (Å²) in [5.41, 5.74) is 5.82. The molecule has 1 unspecified atom stereocenters. The first-order chi connectivity index (χ1) is 18.4. The van der Waals surface area contributed by atoms with Crippen molar-refractivity contribution in [3.05, 3.63) is 82.8 Å². The molecule has 3 atom stereocenters. The highest BCUT2D eigenvalue weighted by molar-refractivity contribution is 7.58. The lowest BCUT2D eigenvalue weighted by atomic mass is 9.75. The zero-order valence-corrected chi connectivity index (χ0v) is 25.4. The van der Waals surface area contributed by atoms with Crippen LogP contribution in [0.3, 0.4) is 0 Å². The molecule has 0 N–H and O–H groups in total. The minimum atomic E-state index is -2.66. The summed E-state index contributed by atoms with van der Waals surface area (Å²) in [5, 5.41) is 0. The van der Waals surface area contributed by atoms with Crippen LogP contribution in [0.25, 0.3) is 11.1 Å². The van der Waals surface area contributed by atoms with Crippen LogP contribution < -0.4 is 4.74 Å². The quantitative estimate of drug-likeness (QED) is 0.223. The minimum Gasteiger partial charge on any atom is -0.473 e. The molecule has 6 heteroatoms. The molecule has 0 bridgehead atoms. The van der Waals surface area contributed by atoms with Crippen LogP contribution in [0.15, 0.2) is 54.7 Å². The molecule has 1 aliphatic carbocycles. The van der Waals surface area contributed by atoms with Crippen molar-refractivity contribution in [3.63, 3.8) is 0 Å². The fourth-order valence-electron chi connectivity index (χ4n) is 5.22. The van der Waals surface area contributed by atoms with Crippen molar-refractivity contribution in [1.82, 2.24) is 4.98 Å². The van der Waals surface area contributed by atoms with Gasteiger partial charge in [0.2, 0.25) is 13.2 Å². The fraction of sp³-hybridized carbons (Fsp3) is 0.485. The summed E-state index contributed by atoms with van der Waals surface area (Å²) in [6, 6.07) is 15.5. The van der Waals surface area contributed by atoms with Crippen molar-refractivity contribution in [1.29, 1.82) is 0 Å². The van der Waals surface area contributed by atoms with Crippen molar-refractivity contribution >= 4 is 7.37 Å². The Morgan fingerprint density at radius 3 is 2.49 bits per heavy atom. The van der Waals surface area contributed by atoms with Crippen molar-refractivity contribution in [2.45, 2.75) is 72.8 Å². The lowest BCUT2D eigenvalue weighted by Gasteiger charge is -2.30. The first-order valence-electron chi connectivity index (χ1n) is 14.1. The van der Waals surface area contributed by atoms with Crippen LogP contribution in [0.4, 0.5) is 4.39 Å². The van der Waals surface area contributed by atoms with E-state index in [0.29, 0.717) is 36.7 Å². The molecule has 1 fully saturated rings. The lowest BCUT2D eigenvalue weighted by Crippen LogP contribution is -2.16. The van der Waals surface area contributed by atoms with Gasteiger partial charge in [-0.05, 0) is 90.3 Å². The Balaban J connectivity index is 1.58. The number of pyridine rings is 1. The van der Waals surface area contributed by atoms with E-state index in [-0.39, 0.29) is 23.1 Å². The Morgan fingerprint density at radius 1 is 1.08 bits per heavy atom. The standard InChI is InChI=1S/C33H43FNO3P/c1-8-38-39(7,36)21-30(25-11-12-25)26-15-16-35-32(19-26)37-20-24-10-13-27(28(18-24)23(3)33(4,5)6)29-17-22(2)9-14-31(29)34/h9-10,13-19,23,25,30H,8,11-12,20-21H2,1-7H3/t23-,30+,39?/m1/s1. The summed E-state index contributed by atoms with van der Waals surface area (Å²) in [7, 11) is -2.66. The molecule has 4 rings (SSSR count). The molecular weight excluding hydrogens is 508 g/mol. The van der Waals surface area contributed by atoms with Crippen LogP contribution in [0.5, 0.6) is 5.88 Å². The Hall–Kier alpha value is -2.49.